The molecule has 1 aromatic carbocycles. The van der Waals surface area contributed by atoms with Gasteiger partial charge in [0.05, 0.1) is 42.6 Å². The normalized spacial score (nSPS) is 17.4. The third-order valence-corrected chi connectivity index (χ3v) is 6.41. The average Bonchev–Trinajstić information content (AvgIpc) is 3.57. The second-order valence-electron chi connectivity index (χ2n) is 7.99. The summed E-state index contributed by atoms with van der Waals surface area (Å²) < 4.78 is 21.2. The molecule has 8 nitrogen and oxygen atoms in total. The number of nitrogen functional groups attached to an aromatic ring is 1. The zero-order chi connectivity index (χ0) is 24.1. The van der Waals surface area contributed by atoms with Crippen LogP contribution < -0.4 is 20.5 Å². The Morgan fingerprint density at radius 3 is 2.26 bits per heavy atom. The SMILES string of the molecule is C1CCOC1.COc1cc(OC)c(Cl)c(-c2cc3cnc(N)cc3c(NC3CCOC3)n2)c1Cl. The highest BCUT2D eigenvalue weighted by atomic mass is 35.5. The van der Waals surface area contributed by atoms with Crippen LogP contribution in [0.5, 0.6) is 11.5 Å². The van der Waals surface area contributed by atoms with Crippen molar-refractivity contribution in [1.82, 2.24) is 9.97 Å². The number of anilines is 2. The topological polar surface area (TPSA) is 101 Å². The third kappa shape index (κ3) is 5.41. The molecule has 3 aromatic rings. The molecule has 182 valence electrons. The Bertz CT molecular complexity index is 1120. The number of methoxy groups -OCH3 is 2. The maximum atomic E-state index is 6.60. The van der Waals surface area contributed by atoms with Crippen molar-refractivity contribution in [2.24, 2.45) is 0 Å². The summed E-state index contributed by atoms with van der Waals surface area (Å²) in [6, 6.07) is 5.46. The highest BCUT2D eigenvalue weighted by molar-refractivity contribution is 6.41. The Labute approximate surface area is 208 Å². The molecule has 2 aliphatic rings. The van der Waals surface area contributed by atoms with Gasteiger partial charge in [0.15, 0.2) is 0 Å². The number of rotatable bonds is 5. The van der Waals surface area contributed by atoms with Gasteiger partial charge in [-0.25, -0.2) is 9.97 Å². The van der Waals surface area contributed by atoms with Crippen molar-refractivity contribution in [2.45, 2.75) is 25.3 Å². The summed E-state index contributed by atoms with van der Waals surface area (Å²) in [5.41, 5.74) is 7.00. The van der Waals surface area contributed by atoms with E-state index in [1.807, 2.05) is 6.07 Å². The molecule has 5 rings (SSSR count). The lowest BCUT2D eigenvalue weighted by atomic mass is 10.1. The fourth-order valence-corrected chi connectivity index (χ4v) is 4.56. The van der Waals surface area contributed by atoms with Crippen molar-refractivity contribution >= 4 is 45.6 Å². The summed E-state index contributed by atoms with van der Waals surface area (Å²) in [5, 5.41) is 5.85. The second kappa shape index (κ2) is 11.3. The third-order valence-electron chi connectivity index (χ3n) is 5.66. The second-order valence-corrected chi connectivity index (χ2v) is 8.75. The smallest absolute Gasteiger partial charge is 0.141 e. The van der Waals surface area contributed by atoms with E-state index in [0.717, 1.165) is 30.4 Å². The van der Waals surface area contributed by atoms with Gasteiger partial charge < -0.3 is 30.0 Å². The lowest BCUT2D eigenvalue weighted by Crippen LogP contribution is -2.20. The van der Waals surface area contributed by atoms with Gasteiger partial charge in [-0.3, -0.25) is 0 Å². The molecule has 0 amide bonds. The van der Waals surface area contributed by atoms with Gasteiger partial charge in [0.25, 0.3) is 0 Å². The molecular formula is C24H28Cl2N4O4. The van der Waals surface area contributed by atoms with E-state index in [9.17, 15) is 0 Å². The number of hydrogen-bond acceptors (Lipinski definition) is 8. The number of ether oxygens (including phenoxy) is 4. The molecule has 0 bridgehead atoms. The van der Waals surface area contributed by atoms with Crippen LogP contribution in [0.1, 0.15) is 19.3 Å². The van der Waals surface area contributed by atoms with Crippen LogP contribution in [0.4, 0.5) is 11.6 Å². The minimum absolute atomic E-state index is 0.154. The van der Waals surface area contributed by atoms with Crippen molar-refractivity contribution in [3.8, 4) is 22.8 Å². The van der Waals surface area contributed by atoms with E-state index >= 15 is 0 Å². The predicted octanol–water partition coefficient (Wildman–Crippen LogP) is 5.20. The van der Waals surface area contributed by atoms with Crippen molar-refractivity contribution in [3.63, 3.8) is 0 Å². The summed E-state index contributed by atoms with van der Waals surface area (Å²) in [7, 11) is 3.07. The Hall–Kier alpha value is -2.52. The molecule has 4 heterocycles. The number of nitrogens with one attached hydrogen (secondary N) is 1. The van der Waals surface area contributed by atoms with E-state index in [-0.39, 0.29) is 6.04 Å². The molecule has 34 heavy (non-hydrogen) atoms. The van der Waals surface area contributed by atoms with Crippen molar-refractivity contribution in [3.05, 3.63) is 34.4 Å². The van der Waals surface area contributed by atoms with Crippen LogP contribution in [0.25, 0.3) is 22.0 Å². The Balaban J connectivity index is 0.000000486. The standard InChI is InChI=1S/C20H20Cl2N4O3.C4H8O/c1-27-14-7-15(28-2)19(22)17(18(14)21)13-5-10-8-24-16(23)6-12(10)20(26-13)25-11-3-4-29-9-11;1-2-4-5-3-1/h5-8,11H,3-4,9H2,1-2H3,(H2,23,24)(H,25,26);1-4H2. The van der Waals surface area contributed by atoms with E-state index in [0.29, 0.717) is 57.7 Å². The number of nitrogens with two attached hydrogens (primary N) is 1. The monoisotopic (exact) mass is 506 g/mol. The van der Waals surface area contributed by atoms with Gasteiger partial charge >= 0.3 is 0 Å². The Morgan fingerprint density at radius 2 is 1.71 bits per heavy atom. The Kier molecular flexibility index (Phi) is 8.15. The predicted molar refractivity (Wildman–Crippen MR) is 135 cm³/mol. The first-order chi connectivity index (χ1) is 16.5. The van der Waals surface area contributed by atoms with Crippen LogP contribution in [0.15, 0.2) is 24.4 Å². The molecule has 2 saturated heterocycles. The van der Waals surface area contributed by atoms with E-state index in [4.69, 9.17) is 52.9 Å². The number of benzene rings is 1. The minimum Gasteiger partial charge on any atom is -0.495 e. The Morgan fingerprint density at radius 1 is 1.00 bits per heavy atom. The van der Waals surface area contributed by atoms with Crippen LogP contribution in [0, 0.1) is 0 Å². The fraction of sp³-hybridized carbons (Fsp3) is 0.417. The maximum absolute atomic E-state index is 6.60. The first-order valence-electron chi connectivity index (χ1n) is 11.1. The summed E-state index contributed by atoms with van der Waals surface area (Å²) in [6.45, 7) is 3.33. The summed E-state index contributed by atoms with van der Waals surface area (Å²) in [6.07, 6.45) is 5.15. The zero-order valence-electron chi connectivity index (χ0n) is 19.2. The van der Waals surface area contributed by atoms with Gasteiger partial charge in [0, 0.05) is 48.4 Å². The largest absolute Gasteiger partial charge is 0.495 e. The van der Waals surface area contributed by atoms with Gasteiger partial charge in [-0.05, 0) is 31.4 Å². The molecule has 0 saturated carbocycles. The molecule has 2 aromatic heterocycles. The van der Waals surface area contributed by atoms with Gasteiger partial charge in [-0.2, -0.15) is 0 Å². The number of fused-ring (bicyclic) bond motifs is 1. The van der Waals surface area contributed by atoms with Crippen LogP contribution in [-0.2, 0) is 9.47 Å². The summed E-state index contributed by atoms with van der Waals surface area (Å²) in [5.74, 6) is 1.96. The van der Waals surface area contributed by atoms with Crippen LogP contribution >= 0.6 is 23.2 Å². The molecule has 10 heteroatoms. The molecule has 1 atom stereocenters. The molecule has 0 aliphatic carbocycles. The first-order valence-corrected chi connectivity index (χ1v) is 11.9. The van der Waals surface area contributed by atoms with Crippen molar-refractivity contribution < 1.29 is 18.9 Å². The number of pyridine rings is 2. The fourth-order valence-electron chi connectivity index (χ4n) is 3.86. The van der Waals surface area contributed by atoms with Gasteiger partial charge in [-0.1, -0.05) is 23.2 Å². The highest BCUT2D eigenvalue weighted by Gasteiger charge is 2.23. The van der Waals surface area contributed by atoms with E-state index in [1.165, 1.54) is 27.1 Å². The van der Waals surface area contributed by atoms with E-state index in [1.54, 1.807) is 18.3 Å². The van der Waals surface area contributed by atoms with Crippen molar-refractivity contribution in [1.29, 1.82) is 0 Å². The average molecular weight is 507 g/mol. The number of aromatic nitrogens is 2. The lowest BCUT2D eigenvalue weighted by Gasteiger charge is -2.18. The van der Waals surface area contributed by atoms with Gasteiger partial charge in [0.2, 0.25) is 0 Å². The summed E-state index contributed by atoms with van der Waals surface area (Å²) in [4.78, 5) is 9.03. The molecular weight excluding hydrogens is 479 g/mol. The summed E-state index contributed by atoms with van der Waals surface area (Å²) >= 11 is 13.2. The van der Waals surface area contributed by atoms with E-state index < -0.39 is 0 Å². The van der Waals surface area contributed by atoms with Crippen molar-refractivity contribution in [2.75, 3.05) is 51.7 Å². The van der Waals surface area contributed by atoms with Crippen LogP contribution in [0.2, 0.25) is 10.0 Å². The molecule has 3 N–H and O–H groups in total. The minimum atomic E-state index is 0.154. The number of nitrogens with zero attached hydrogens (tertiary/aromatic N) is 2. The molecule has 0 spiro atoms. The van der Waals surface area contributed by atoms with E-state index in [2.05, 4.69) is 10.3 Å². The number of hydrogen-bond donors (Lipinski definition) is 2. The molecule has 1 unspecified atom stereocenters. The lowest BCUT2D eigenvalue weighted by molar-refractivity contribution is 0.195. The van der Waals surface area contributed by atoms with Gasteiger partial charge in [0.1, 0.15) is 23.1 Å². The molecule has 0 radical (unpaired) electrons. The zero-order valence-corrected chi connectivity index (χ0v) is 20.7. The van der Waals surface area contributed by atoms with Crippen LogP contribution in [-0.4, -0.2) is 56.7 Å². The first kappa shape index (κ1) is 24.6. The van der Waals surface area contributed by atoms with Crippen LogP contribution in [0.3, 0.4) is 0 Å². The number of halogens is 2. The molecule has 2 fully saturated rings. The quantitative estimate of drug-likeness (QED) is 0.486. The van der Waals surface area contributed by atoms with Gasteiger partial charge in [-0.15, -0.1) is 0 Å². The molecule has 2 aliphatic heterocycles. The highest BCUT2D eigenvalue weighted by Crippen LogP contribution is 2.46. The maximum Gasteiger partial charge on any atom is 0.141 e.